The van der Waals surface area contributed by atoms with Crippen molar-refractivity contribution in [1.29, 1.82) is 0 Å². The van der Waals surface area contributed by atoms with Crippen LogP contribution in [0.1, 0.15) is 43.2 Å². The molecule has 2 aliphatic rings. The second-order valence-electron chi connectivity index (χ2n) is 5.07. The van der Waals surface area contributed by atoms with Crippen LogP contribution in [0.5, 0.6) is 0 Å². The van der Waals surface area contributed by atoms with E-state index in [2.05, 4.69) is 14.1 Å². The van der Waals surface area contributed by atoms with Crippen molar-refractivity contribution < 1.29 is 9.85 Å². The molecule has 1 heterocycles. The van der Waals surface area contributed by atoms with Crippen molar-refractivity contribution in [2.45, 2.75) is 32.1 Å². The Morgan fingerprint density at radius 1 is 1.05 bits per heavy atom. The number of nitro benzene ring substituents is 2. The molecule has 0 saturated carbocycles. The van der Waals surface area contributed by atoms with Crippen LogP contribution < -0.4 is 0 Å². The third-order valence-electron chi connectivity index (χ3n) is 3.93. The van der Waals surface area contributed by atoms with E-state index in [1.807, 2.05) is 13.8 Å². The molecule has 0 aromatic heterocycles. The summed E-state index contributed by atoms with van der Waals surface area (Å²) in [5.41, 5.74) is 1.03. The summed E-state index contributed by atoms with van der Waals surface area (Å²) in [5, 5.41) is 21.9. The zero-order chi connectivity index (χ0) is 15.7. The lowest BCUT2D eigenvalue weighted by atomic mass is 9.98. The number of nitro groups is 2. The molecule has 1 aliphatic heterocycles. The third kappa shape index (κ3) is 2.76. The molecule has 3 atom stereocenters. The lowest BCUT2D eigenvalue weighted by Crippen LogP contribution is -2.26. The van der Waals surface area contributed by atoms with Crippen molar-refractivity contribution in [2.24, 2.45) is 0 Å². The van der Waals surface area contributed by atoms with Gasteiger partial charge in [0.15, 0.2) is 0 Å². The molecule has 3 unspecified atom stereocenters. The fourth-order valence-corrected chi connectivity index (χ4v) is 3.70. The van der Waals surface area contributed by atoms with Gasteiger partial charge in [-0.2, -0.15) is 0 Å². The normalized spacial score (nSPS) is 23.0. The number of nitrogens with zero attached hydrogens (tertiary/aromatic N) is 3. The average Bonchev–Trinajstić information content (AvgIpc) is 2.71. The van der Waals surface area contributed by atoms with Crippen LogP contribution in [0.15, 0.2) is 12.1 Å². The van der Waals surface area contributed by atoms with Crippen molar-refractivity contribution in [2.75, 3.05) is 13.1 Å². The molecule has 1 aromatic carbocycles. The maximum Gasteiger partial charge on any atom is 0.346 e. The highest BCUT2D eigenvalue weighted by molar-refractivity contribution is 7.13. The molecule has 1 aromatic rings. The summed E-state index contributed by atoms with van der Waals surface area (Å²) >= 11 is 0. The van der Waals surface area contributed by atoms with E-state index >= 15 is 0 Å². The van der Waals surface area contributed by atoms with Gasteiger partial charge >= 0.3 is 11.4 Å². The van der Waals surface area contributed by atoms with Crippen LogP contribution in [-0.4, -0.2) is 27.6 Å². The Balaban J connectivity index is 0.000000774. The van der Waals surface area contributed by atoms with E-state index in [4.69, 9.17) is 0 Å². The fourth-order valence-electron chi connectivity index (χ4n) is 3.19. The van der Waals surface area contributed by atoms with Crippen LogP contribution >= 0.6 is 9.39 Å². The molecule has 2 bridgehead atoms. The Morgan fingerprint density at radius 2 is 1.43 bits per heavy atom. The van der Waals surface area contributed by atoms with Gasteiger partial charge in [-0.25, -0.2) is 0 Å². The number of benzene rings is 1. The van der Waals surface area contributed by atoms with Gasteiger partial charge in [-0.05, 0) is 29.4 Å². The van der Waals surface area contributed by atoms with Gasteiger partial charge in [0.2, 0.25) is 0 Å². The number of hydrogen-bond donors (Lipinski definition) is 0. The minimum absolute atomic E-state index is 0.241. The minimum atomic E-state index is -0.668. The van der Waals surface area contributed by atoms with Crippen molar-refractivity contribution in [3.8, 4) is 0 Å². The average molecular weight is 311 g/mol. The van der Waals surface area contributed by atoms with Gasteiger partial charge in [0.25, 0.3) is 0 Å². The molecule has 21 heavy (non-hydrogen) atoms. The summed E-state index contributed by atoms with van der Waals surface area (Å²) in [7, 11) is 2.64. The van der Waals surface area contributed by atoms with Crippen molar-refractivity contribution >= 4 is 20.8 Å². The molecule has 0 N–H and O–H groups in total. The van der Waals surface area contributed by atoms with Gasteiger partial charge in [0.1, 0.15) is 0 Å². The van der Waals surface area contributed by atoms with Crippen molar-refractivity contribution in [3.05, 3.63) is 43.5 Å². The first-order chi connectivity index (χ1) is 9.97. The van der Waals surface area contributed by atoms with Gasteiger partial charge in [0, 0.05) is 25.2 Å². The Bertz CT molecular complexity index is 544. The molecule has 0 spiro atoms. The molecule has 0 radical (unpaired) electrons. The van der Waals surface area contributed by atoms with Gasteiger partial charge in [-0.1, -0.05) is 23.2 Å². The molecule has 1 fully saturated rings. The van der Waals surface area contributed by atoms with E-state index in [1.54, 1.807) is 0 Å². The summed E-state index contributed by atoms with van der Waals surface area (Å²) in [6, 6.07) is 2.81. The first kappa shape index (κ1) is 15.8. The highest BCUT2D eigenvalue weighted by atomic mass is 31.0. The topological polar surface area (TPSA) is 89.5 Å². The number of rotatable bonds is 2. The van der Waals surface area contributed by atoms with E-state index < -0.39 is 21.2 Å². The van der Waals surface area contributed by atoms with Crippen LogP contribution in [0.3, 0.4) is 0 Å². The van der Waals surface area contributed by atoms with Crippen LogP contribution in [0, 0.1) is 20.2 Å². The first-order valence-corrected chi connectivity index (χ1v) is 7.45. The van der Waals surface area contributed by atoms with Crippen LogP contribution in [0.25, 0.3) is 0 Å². The van der Waals surface area contributed by atoms with E-state index in [9.17, 15) is 20.2 Å². The zero-order valence-corrected chi connectivity index (χ0v) is 13.1. The van der Waals surface area contributed by atoms with Crippen LogP contribution in [0.2, 0.25) is 0 Å². The van der Waals surface area contributed by atoms with Crippen molar-refractivity contribution in [1.82, 2.24) is 4.67 Å². The molecular formula is C13H18N3O4P. The number of piperidine rings is 1. The quantitative estimate of drug-likeness (QED) is 0.475. The highest BCUT2D eigenvalue weighted by Crippen LogP contribution is 2.49. The van der Waals surface area contributed by atoms with Crippen LogP contribution in [0.4, 0.5) is 11.4 Å². The van der Waals surface area contributed by atoms with Gasteiger partial charge in [-0.3, -0.25) is 24.9 Å². The van der Waals surface area contributed by atoms with Gasteiger partial charge in [0.05, 0.1) is 9.85 Å². The monoisotopic (exact) mass is 311 g/mol. The summed E-state index contributed by atoms with van der Waals surface area (Å²) in [5.74, 6) is 0.483. The predicted molar refractivity (Wildman–Crippen MR) is 82.5 cm³/mol. The molecule has 7 nitrogen and oxygen atoms in total. The third-order valence-corrected chi connectivity index (χ3v) is 4.35. The Hall–Kier alpha value is -1.59. The second-order valence-corrected chi connectivity index (χ2v) is 5.80. The lowest BCUT2D eigenvalue weighted by molar-refractivity contribution is -0.422. The minimum Gasteiger partial charge on any atom is -0.286 e. The highest BCUT2D eigenvalue weighted by Gasteiger charge is 2.40. The number of fused-ring (bicyclic) bond motifs is 5. The molecule has 3 rings (SSSR count). The predicted octanol–water partition coefficient (Wildman–Crippen LogP) is 3.21. The number of hydrogen-bond acceptors (Lipinski definition) is 5. The summed E-state index contributed by atoms with van der Waals surface area (Å²) < 4.78 is 2.09. The maximum absolute atomic E-state index is 11.0. The smallest absolute Gasteiger partial charge is 0.286 e. The Labute approximate surface area is 124 Å². The van der Waals surface area contributed by atoms with E-state index in [-0.39, 0.29) is 11.8 Å². The SMILES string of the molecule is CC.O=[N+]([O-])c1cc2c(cc1[N+](=O)[O-])C1CC2CN(P)C1. The summed E-state index contributed by atoms with van der Waals surface area (Å²) in [6.45, 7) is 5.65. The molecule has 1 saturated heterocycles. The van der Waals surface area contributed by atoms with Crippen molar-refractivity contribution in [3.63, 3.8) is 0 Å². The van der Waals surface area contributed by atoms with E-state index in [0.29, 0.717) is 0 Å². The molecule has 114 valence electrons. The molecule has 0 amide bonds. The maximum atomic E-state index is 11.0. The van der Waals surface area contributed by atoms with Gasteiger partial charge in [-0.15, -0.1) is 0 Å². The molecule has 1 aliphatic carbocycles. The Kier molecular flexibility index (Phi) is 4.54. The molecular weight excluding hydrogens is 293 g/mol. The summed E-state index contributed by atoms with van der Waals surface area (Å²) in [4.78, 5) is 20.6. The van der Waals surface area contributed by atoms with E-state index in [0.717, 1.165) is 30.6 Å². The fraction of sp³-hybridized carbons (Fsp3) is 0.538. The zero-order valence-electron chi connectivity index (χ0n) is 12.0. The standard InChI is InChI=1S/C11H12N3O4P.C2H6/c15-13(16)10-2-8-6-1-7(5-12(19)4-6)9(8)3-11(10)14(17)18;1-2/h2-3,6-7H,1,4-5,19H2;1-2H3. The second kappa shape index (κ2) is 6.03. The van der Waals surface area contributed by atoms with Gasteiger partial charge < -0.3 is 0 Å². The molecule has 8 heteroatoms. The largest absolute Gasteiger partial charge is 0.346 e. The Morgan fingerprint density at radius 3 is 1.76 bits per heavy atom. The van der Waals surface area contributed by atoms with Crippen LogP contribution in [-0.2, 0) is 0 Å². The lowest BCUT2D eigenvalue weighted by Gasteiger charge is -2.28. The summed E-state index contributed by atoms with van der Waals surface area (Å²) in [6.07, 6.45) is 0.929. The van der Waals surface area contributed by atoms with E-state index in [1.165, 1.54) is 12.1 Å². The first-order valence-electron chi connectivity index (χ1n) is 6.93.